The first-order chi connectivity index (χ1) is 9.39. The highest BCUT2D eigenvalue weighted by atomic mass is 16.3. The van der Waals surface area contributed by atoms with Gasteiger partial charge in [0.25, 0.3) is 0 Å². The minimum absolute atomic E-state index is 0.0755. The average Bonchev–Trinajstić information content (AvgIpc) is 2.83. The van der Waals surface area contributed by atoms with Gasteiger partial charge in [-0.1, -0.05) is 58.9 Å². The van der Waals surface area contributed by atoms with E-state index in [9.17, 15) is 0 Å². The molecule has 108 valence electrons. The molecule has 1 heterocycles. The van der Waals surface area contributed by atoms with Crippen LogP contribution in [0, 0.1) is 0 Å². The maximum Gasteiger partial charge on any atom is 0.181 e. The Kier molecular flexibility index (Phi) is 4.29. The molecule has 2 aromatic rings. The van der Waals surface area contributed by atoms with Crippen molar-refractivity contribution in [1.29, 1.82) is 0 Å². The number of nitrogens with one attached hydrogen (secondary N) is 1. The van der Waals surface area contributed by atoms with Crippen LogP contribution in [0.4, 0.5) is 0 Å². The van der Waals surface area contributed by atoms with Crippen LogP contribution < -0.4 is 5.32 Å². The van der Waals surface area contributed by atoms with E-state index >= 15 is 0 Å². The van der Waals surface area contributed by atoms with E-state index in [0.717, 1.165) is 23.6 Å². The lowest BCUT2D eigenvalue weighted by molar-refractivity contribution is 0.553. The molecule has 20 heavy (non-hydrogen) atoms. The van der Waals surface area contributed by atoms with Gasteiger partial charge in [-0.05, 0) is 11.0 Å². The Labute approximate surface area is 121 Å². The highest BCUT2D eigenvalue weighted by Gasteiger charge is 2.21. The van der Waals surface area contributed by atoms with Crippen molar-refractivity contribution in [3.8, 4) is 11.3 Å². The Balaban J connectivity index is 2.40. The molecule has 0 aliphatic rings. The fourth-order valence-corrected chi connectivity index (χ4v) is 2.25. The second-order valence-corrected chi connectivity index (χ2v) is 6.46. The normalized spacial score (nSPS) is 12.1. The van der Waals surface area contributed by atoms with Gasteiger partial charge in [0, 0.05) is 18.2 Å². The van der Waals surface area contributed by atoms with Crippen LogP contribution >= 0.6 is 0 Å². The average molecular weight is 272 g/mol. The van der Waals surface area contributed by atoms with Crippen molar-refractivity contribution in [2.75, 3.05) is 0 Å². The summed E-state index contributed by atoms with van der Waals surface area (Å²) in [6, 6.07) is 8.83. The van der Waals surface area contributed by atoms with Crippen molar-refractivity contribution >= 4 is 0 Å². The molecule has 1 aromatic heterocycles. The summed E-state index contributed by atoms with van der Waals surface area (Å²) >= 11 is 0. The number of hydrogen-bond donors (Lipinski definition) is 1. The van der Waals surface area contributed by atoms with E-state index in [0.29, 0.717) is 6.04 Å². The maximum absolute atomic E-state index is 5.67. The van der Waals surface area contributed by atoms with E-state index < -0.39 is 0 Å². The van der Waals surface area contributed by atoms with Gasteiger partial charge in [0.05, 0.1) is 0 Å². The lowest BCUT2D eigenvalue weighted by Gasteiger charge is -2.22. The quantitative estimate of drug-likeness (QED) is 0.909. The number of oxazole rings is 1. The molecule has 0 spiro atoms. The van der Waals surface area contributed by atoms with Crippen molar-refractivity contribution in [3.63, 3.8) is 0 Å². The summed E-state index contributed by atoms with van der Waals surface area (Å²) in [7, 11) is 0. The molecule has 0 saturated carbocycles. The Hall–Kier alpha value is -1.61. The monoisotopic (exact) mass is 272 g/mol. The smallest absolute Gasteiger partial charge is 0.181 e. The zero-order valence-electron chi connectivity index (χ0n) is 13.0. The van der Waals surface area contributed by atoms with Gasteiger partial charge in [0.1, 0.15) is 5.69 Å². The molecule has 0 saturated heterocycles. The van der Waals surface area contributed by atoms with Gasteiger partial charge in [0.2, 0.25) is 0 Å². The first-order valence-corrected chi connectivity index (χ1v) is 7.15. The van der Waals surface area contributed by atoms with Crippen LogP contribution in [-0.4, -0.2) is 11.0 Å². The van der Waals surface area contributed by atoms with Crippen LogP contribution in [0.2, 0.25) is 0 Å². The molecule has 0 aliphatic carbocycles. The number of nitrogens with zero attached hydrogens (tertiary/aromatic N) is 1. The highest BCUT2D eigenvalue weighted by Crippen LogP contribution is 2.34. The van der Waals surface area contributed by atoms with Gasteiger partial charge in [-0.15, -0.1) is 0 Å². The number of hydrogen-bond acceptors (Lipinski definition) is 3. The molecule has 0 fully saturated rings. The van der Waals surface area contributed by atoms with Crippen molar-refractivity contribution in [1.82, 2.24) is 10.3 Å². The van der Waals surface area contributed by atoms with Gasteiger partial charge < -0.3 is 9.73 Å². The van der Waals surface area contributed by atoms with Crippen molar-refractivity contribution in [2.45, 2.75) is 52.6 Å². The molecule has 1 N–H and O–H groups in total. The van der Waals surface area contributed by atoms with Gasteiger partial charge in [-0.2, -0.15) is 0 Å². The third kappa shape index (κ3) is 3.28. The summed E-state index contributed by atoms with van der Waals surface area (Å²) in [4.78, 5) is 4.36. The third-order valence-electron chi connectivity index (χ3n) is 3.30. The number of aromatic nitrogens is 1. The van der Waals surface area contributed by atoms with E-state index in [4.69, 9.17) is 4.42 Å². The molecule has 0 radical (unpaired) electrons. The second kappa shape index (κ2) is 5.80. The molecule has 3 heteroatoms. The summed E-state index contributed by atoms with van der Waals surface area (Å²) in [6.45, 7) is 11.6. The van der Waals surface area contributed by atoms with Gasteiger partial charge >= 0.3 is 0 Å². The van der Waals surface area contributed by atoms with Crippen molar-refractivity contribution < 1.29 is 4.42 Å². The van der Waals surface area contributed by atoms with Gasteiger partial charge in [-0.3, -0.25) is 0 Å². The van der Waals surface area contributed by atoms with E-state index in [2.05, 4.69) is 63.1 Å². The highest BCUT2D eigenvalue weighted by molar-refractivity contribution is 5.65. The standard InChI is InChI=1S/C17H24N2O/c1-12(2)18-10-15-16(20-11-19-15)13-8-6-7-9-14(13)17(3,4)5/h6-9,11-12,18H,10H2,1-5H3. The first kappa shape index (κ1) is 14.8. The summed E-state index contributed by atoms with van der Waals surface area (Å²) < 4.78 is 5.67. The van der Waals surface area contributed by atoms with E-state index in [-0.39, 0.29) is 5.41 Å². The van der Waals surface area contributed by atoms with Crippen LogP contribution in [0.5, 0.6) is 0 Å². The van der Waals surface area contributed by atoms with E-state index in [1.165, 1.54) is 12.0 Å². The second-order valence-electron chi connectivity index (χ2n) is 6.46. The molecule has 0 unspecified atom stereocenters. The lowest BCUT2D eigenvalue weighted by atomic mass is 9.83. The fraction of sp³-hybridized carbons (Fsp3) is 0.471. The predicted octanol–water partition coefficient (Wildman–Crippen LogP) is 4.14. The molecule has 0 atom stereocenters. The molecular formula is C17H24N2O. The Morgan fingerprint density at radius 3 is 2.55 bits per heavy atom. The van der Waals surface area contributed by atoms with Crippen LogP contribution in [0.1, 0.15) is 45.9 Å². The predicted molar refractivity (Wildman–Crippen MR) is 82.6 cm³/mol. The van der Waals surface area contributed by atoms with Crippen molar-refractivity contribution in [3.05, 3.63) is 41.9 Å². The maximum atomic E-state index is 5.67. The van der Waals surface area contributed by atoms with Gasteiger partial charge in [0.15, 0.2) is 12.2 Å². The largest absolute Gasteiger partial charge is 0.443 e. The number of rotatable bonds is 4. The zero-order chi connectivity index (χ0) is 14.8. The SMILES string of the molecule is CC(C)NCc1ncoc1-c1ccccc1C(C)(C)C. The van der Waals surface area contributed by atoms with Crippen LogP contribution in [0.15, 0.2) is 35.1 Å². The summed E-state index contributed by atoms with van der Waals surface area (Å²) in [5.74, 6) is 0.878. The Bertz CT molecular complexity index is 564. The molecule has 0 aliphatic heterocycles. The first-order valence-electron chi connectivity index (χ1n) is 7.15. The number of benzene rings is 1. The van der Waals surface area contributed by atoms with Crippen LogP contribution in [0.3, 0.4) is 0 Å². The zero-order valence-corrected chi connectivity index (χ0v) is 13.0. The summed E-state index contributed by atoms with van der Waals surface area (Å²) in [5.41, 5.74) is 3.46. The molecule has 3 nitrogen and oxygen atoms in total. The van der Waals surface area contributed by atoms with Gasteiger partial charge in [-0.25, -0.2) is 4.98 Å². The van der Waals surface area contributed by atoms with E-state index in [1.54, 1.807) is 0 Å². The molecular weight excluding hydrogens is 248 g/mol. The lowest BCUT2D eigenvalue weighted by Crippen LogP contribution is -2.22. The summed E-state index contributed by atoms with van der Waals surface area (Å²) in [5, 5.41) is 3.39. The fourth-order valence-electron chi connectivity index (χ4n) is 2.25. The summed E-state index contributed by atoms with van der Waals surface area (Å²) in [6.07, 6.45) is 1.53. The Morgan fingerprint density at radius 1 is 1.20 bits per heavy atom. The topological polar surface area (TPSA) is 38.1 Å². The Morgan fingerprint density at radius 2 is 1.90 bits per heavy atom. The third-order valence-corrected chi connectivity index (χ3v) is 3.30. The molecule has 1 aromatic carbocycles. The van der Waals surface area contributed by atoms with Crippen LogP contribution in [-0.2, 0) is 12.0 Å². The van der Waals surface area contributed by atoms with E-state index in [1.807, 2.05) is 6.07 Å². The molecule has 0 bridgehead atoms. The minimum Gasteiger partial charge on any atom is -0.443 e. The molecule has 2 rings (SSSR count). The van der Waals surface area contributed by atoms with Crippen molar-refractivity contribution in [2.24, 2.45) is 0 Å². The minimum atomic E-state index is 0.0755. The molecule has 0 amide bonds. The van der Waals surface area contributed by atoms with Crippen LogP contribution in [0.25, 0.3) is 11.3 Å².